The van der Waals surface area contributed by atoms with Gasteiger partial charge in [-0.25, -0.2) is 4.98 Å². The highest BCUT2D eigenvalue weighted by atomic mass is 16.3. The molecule has 3 fully saturated rings. The normalized spacial score (nSPS) is 24.2. The third kappa shape index (κ3) is 3.20. The van der Waals surface area contributed by atoms with Crippen LogP contribution in [0, 0.1) is 0 Å². The largest absolute Gasteiger partial charge is 0.377 e. The Morgan fingerprint density at radius 3 is 2.89 bits per heavy atom. The van der Waals surface area contributed by atoms with Crippen molar-refractivity contribution in [3.05, 3.63) is 23.4 Å². The minimum absolute atomic E-state index is 0.0625. The van der Waals surface area contributed by atoms with E-state index in [0.717, 1.165) is 31.0 Å². The van der Waals surface area contributed by atoms with E-state index in [1.54, 1.807) is 16.8 Å². The van der Waals surface area contributed by atoms with Crippen molar-refractivity contribution in [3.8, 4) is 0 Å². The number of imide groups is 1. The van der Waals surface area contributed by atoms with Gasteiger partial charge in [-0.1, -0.05) is 0 Å². The number of carbonyl (C=O) groups is 2. The molecule has 2 aromatic rings. The summed E-state index contributed by atoms with van der Waals surface area (Å²) in [5.41, 5.74) is 1.69. The zero-order valence-electron chi connectivity index (χ0n) is 15.2. The van der Waals surface area contributed by atoms with Gasteiger partial charge in [-0.05, 0) is 18.9 Å². The Morgan fingerprint density at radius 1 is 1.32 bits per heavy atom. The summed E-state index contributed by atoms with van der Waals surface area (Å²) >= 11 is 0. The Bertz CT molecular complexity index is 994. The van der Waals surface area contributed by atoms with Gasteiger partial charge in [-0.2, -0.15) is 9.61 Å². The number of fused-ring (bicyclic) bond motifs is 1. The molecule has 1 atom stereocenters. The molecule has 3 aliphatic rings. The monoisotopic (exact) mass is 383 g/mol. The van der Waals surface area contributed by atoms with Crippen LogP contribution in [0.25, 0.3) is 11.7 Å². The number of aliphatic hydroxyl groups excluding tert-OH is 1. The maximum absolute atomic E-state index is 11.9. The predicted molar refractivity (Wildman–Crippen MR) is 102 cm³/mol. The molecular formula is C18H21N7O3. The summed E-state index contributed by atoms with van der Waals surface area (Å²) in [7, 11) is 0. The summed E-state index contributed by atoms with van der Waals surface area (Å²) in [5.74, 6) is 0.893. The van der Waals surface area contributed by atoms with Crippen LogP contribution in [0.2, 0.25) is 0 Å². The molecule has 2 aliphatic heterocycles. The highest BCUT2D eigenvalue weighted by Crippen LogP contribution is 2.29. The second kappa shape index (κ2) is 6.57. The molecule has 1 saturated carbocycles. The first kappa shape index (κ1) is 17.1. The predicted octanol–water partition coefficient (Wildman–Crippen LogP) is -0.538. The third-order valence-electron chi connectivity index (χ3n) is 5.12. The fourth-order valence-electron chi connectivity index (χ4n) is 3.52. The zero-order chi connectivity index (χ0) is 19.3. The fraction of sp³-hybridized carbons (Fsp3) is 0.444. The molecule has 1 aliphatic carbocycles. The molecule has 4 heterocycles. The topological polar surface area (TPSA) is 124 Å². The number of rotatable bonds is 4. The number of nitrogens with one attached hydrogen (secondary N) is 3. The second-order valence-corrected chi connectivity index (χ2v) is 7.39. The lowest BCUT2D eigenvalue weighted by Gasteiger charge is -2.32. The Hall–Kier alpha value is -2.98. The van der Waals surface area contributed by atoms with Gasteiger partial charge < -0.3 is 15.3 Å². The molecule has 2 saturated heterocycles. The summed E-state index contributed by atoms with van der Waals surface area (Å²) in [4.78, 5) is 30.2. The molecule has 2 aromatic heterocycles. The van der Waals surface area contributed by atoms with E-state index in [0.29, 0.717) is 35.9 Å². The van der Waals surface area contributed by atoms with Gasteiger partial charge >= 0.3 is 0 Å². The van der Waals surface area contributed by atoms with Crippen molar-refractivity contribution in [1.82, 2.24) is 25.2 Å². The number of piperazine rings is 1. The first-order valence-corrected chi connectivity index (χ1v) is 9.43. The molecule has 0 bridgehead atoms. The van der Waals surface area contributed by atoms with Crippen LogP contribution in [0.15, 0.2) is 17.8 Å². The van der Waals surface area contributed by atoms with E-state index in [1.165, 1.54) is 0 Å². The van der Waals surface area contributed by atoms with Crippen LogP contribution in [0.3, 0.4) is 0 Å². The number of aliphatic hydroxyl groups is 1. The van der Waals surface area contributed by atoms with Crippen LogP contribution < -0.4 is 20.9 Å². The number of nitrogens with zero attached hydrogens (tertiary/aromatic N) is 4. The molecule has 0 radical (unpaired) electrons. The standard InChI is InChI=1S/C18H21N7O3/c26-15-6-10(18(28)23-15)5-11-8-20-25-14(21-12-1-2-12)7-13(22-17(11)25)24-4-3-19-16(27)9-24/h5,7-8,12,16,19,21,27H,1-4,6,9H2,(H,23,26,28). The number of β-amino-alcohol motifs (C(OH)–C–C–N with tert-alkyl or cyclic N) is 1. The van der Waals surface area contributed by atoms with Crippen LogP contribution in [0.4, 0.5) is 11.6 Å². The fourth-order valence-corrected chi connectivity index (χ4v) is 3.52. The average molecular weight is 383 g/mol. The molecule has 0 aromatic carbocycles. The van der Waals surface area contributed by atoms with Gasteiger partial charge in [0.2, 0.25) is 5.91 Å². The van der Waals surface area contributed by atoms with Crippen molar-refractivity contribution in [2.24, 2.45) is 0 Å². The van der Waals surface area contributed by atoms with Crippen LogP contribution in [-0.4, -0.2) is 63.4 Å². The van der Waals surface area contributed by atoms with E-state index in [-0.39, 0.29) is 18.2 Å². The molecule has 0 spiro atoms. The van der Waals surface area contributed by atoms with Crippen LogP contribution >= 0.6 is 0 Å². The number of hydrogen-bond donors (Lipinski definition) is 4. The molecular weight excluding hydrogens is 362 g/mol. The van der Waals surface area contributed by atoms with Gasteiger partial charge in [-0.15, -0.1) is 0 Å². The number of amides is 2. The van der Waals surface area contributed by atoms with Gasteiger partial charge in [0.15, 0.2) is 5.65 Å². The molecule has 10 heteroatoms. The van der Waals surface area contributed by atoms with E-state index in [9.17, 15) is 14.7 Å². The lowest BCUT2D eigenvalue weighted by atomic mass is 10.1. The van der Waals surface area contributed by atoms with E-state index in [2.05, 4.69) is 21.0 Å². The van der Waals surface area contributed by atoms with E-state index in [1.807, 2.05) is 11.0 Å². The molecule has 4 N–H and O–H groups in total. The SMILES string of the molecule is O=C1CC(=Cc2cnn3c(NC4CC4)cc(N4CCNC(O)C4)nc23)C(=O)N1. The van der Waals surface area contributed by atoms with E-state index < -0.39 is 6.23 Å². The highest BCUT2D eigenvalue weighted by molar-refractivity contribution is 6.15. The Balaban J connectivity index is 1.58. The smallest absolute Gasteiger partial charge is 0.254 e. The van der Waals surface area contributed by atoms with Crippen LogP contribution in [-0.2, 0) is 9.59 Å². The van der Waals surface area contributed by atoms with Crippen molar-refractivity contribution in [2.75, 3.05) is 29.9 Å². The molecule has 146 valence electrons. The van der Waals surface area contributed by atoms with E-state index in [4.69, 9.17) is 4.98 Å². The Labute approximate surface area is 160 Å². The van der Waals surface area contributed by atoms with E-state index >= 15 is 0 Å². The summed E-state index contributed by atoms with van der Waals surface area (Å²) < 4.78 is 1.72. The zero-order valence-corrected chi connectivity index (χ0v) is 15.2. The number of carbonyl (C=O) groups excluding carboxylic acids is 2. The second-order valence-electron chi connectivity index (χ2n) is 7.39. The van der Waals surface area contributed by atoms with Gasteiger partial charge in [-0.3, -0.25) is 20.2 Å². The average Bonchev–Trinajstić information content (AvgIpc) is 3.30. The maximum Gasteiger partial charge on any atom is 0.254 e. The van der Waals surface area contributed by atoms with Crippen molar-refractivity contribution >= 4 is 35.2 Å². The first-order valence-electron chi connectivity index (χ1n) is 9.43. The minimum Gasteiger partial charge on any atom is -0.377 e. The van der Waals surface area contributed by atoms with Gasteiger partial charge in [0, 0.05) is 36.3 Å². The third-order valence-corrected chi connectivity index (χ3v) is 5.12. The van der Waals surface area contributed by atoms with Gasteiger partial charge in [0.25, 0.3) is 5.91 Å². The van der Waals surface area contributed by atoms with Gasteiger partial charge in [0.1, 0.15) is 17.9 Å². The van der Waals surface area contributed by atoms with Crippen LogP contribution in [0.1, 0.15) is 24.8 Å². The maximum atomic E-state index is 11.9. The Morgan fingerprint density at radius 2 is 2.18 bits per heavy atom. The summed E-state index contributed by atoms with van der Waals surface area (Å²) in [5, 5.41) is 23.1. The quantitative estimate of drug-likeness (QED) is 0.410. The molecule has 1 unspecified atom stereocenters. The minimum atomic E-state index is -0.605. The summed E-state index contributed by atoms with van der Waals surface area (Å²) in [6.45, 7) is 1.83. The highest BCUT2D eigenvalue weighted by Gasteiger charge is 2.27. The van der Waals surface area contributed by atoms with Crippen molar-refractivity contribution in [1.29, 1.82) is 0 Å². The number of hydrogen-bond acceptors (Lipinski definition) is 8. The molecule has 5 rings (SSSR count). The molecule has 10 nitrogen and oxygen atoms in total. The summed E-state index contributed by atoms with van der Waals surface area (Å²) in [6.07, 6.45) is 5.02. The van der Waals surface area contributed by atoms with Crippen molar-refractivity contribution in [3.63, 3.8) is 0 Å². The molecule has 28 heavy (non-hydrogen) atoms. The van der Waals surface area contributed by atoms with Crippen LogP contribution in [0.5, 0.6) is 0 Å². The van der Waals surface area contributed by atoms with Gasteiger partial charge in [0.05, 0.1) is 19.2 Å². The lowest BCUT2D eigenvalue weighted by Crippen LogP contribution is -2.51. The first-order chi connectivity index (χ1) is 13.6. The molecule has 2 amide bonds. The van der Waals surface area contributed by atoms with Crippen molar-refractivity contribution < 1.29 is 14.7 Å². The Kier molecular flexibility index (Phi) is 4.02. The summed E-state index contributed by atoms with van der Waals surface area (Å²) in [6, 6.07) is 2.37. The van der Waals surface area contributed by atoms with Crippen molar-refractivity contribution in [2.45, 2.75) is 31.5 Å². The lowest BCUT2D eigenvalue weighted by molar-refractivity contribution is -0.124. The number of aromatic nitrogens is 3. The number of anilines is 2.